The van der Waals surface area contributed by atoms with Crippen molar-refractivity contribution in [1.82, 2.24) is 0 Å². The molecule has 0 saturated heterocycles. The summed E-state index contributed by atoms with van der Waals surface area (Å²) >= 11 is 5.15. The molecule has 0 spiro atoms. The summed E-state index contributed by atoms with van der Waals surface area (Å²) in [4.78, 5) is 12.1. The third kappa shape index (κ3) is 3.93. The van der Waals surface area contributed by atoms with Crippen molar-refractivity contribution < 1.29 is 40.3 Å². The highest BCUT2D eigenvalue weighted by atomic mass is 35.5. The van der Waals surface area contributed by atoms with Crippen LogP contribution in [0.2, 0.25) is 0 Å². The van der Waals surface area contributed by atoms with Crippen molar-refractivity contribution in [3.8, 4) is 0 Å². The molecule has 1 aromatic rings. The van der Waals surface area contributed by atoms with Crippen molar-refractivity contribution >= 4 is 17.6 Å². The van der Waals surface area contributed by atoms with Crippen LogP contribution in [0, 0.1) is 47.4 Å². The zero-order valence-electron chi connectivity index (χ0n) is 14.3. The Labute approximate surface area is 154 Å². The summed E-state index contributed by atoms with van der Waals surface area (Å²) in [7, 11) is 0. The van der Waals surface area contributed by atoms with Gasteiger partial charge in [-0.3, -0.25) is 4.79 Å². The number of hydrogen-bond donors (Lipinski definition) is 0. The quantitative estimate of drug-likeness (QED) is 0.364. The van der Waals surface area contributed by atoms with Crippen LogP contribution in [-0.4, -0.2) is 12.1 Å². The molecule has 2 nitrogen and oxygen atoms in total. The van der Waals surface area contributed by atoms with E-state index in [1.54, 1.807) is 0 Å². The maximum atomic E-state index is 13.8. The first-order valence-corrected chi connectivity index (χ1v) is 8.01. The second-order valence-corrected chi connectivity index (χ2v) is 7.21. The Morgan fingerprint density at radius 3 is 2.04 bits per heavy atom. The van der Waals surface area contributed by atoms with Gasteiger partial charge in [0.05, 0.1) is 11.5 Å². The number of esters is 1. The highest BCUT2D eigenvalue weighted by molar-refractivity contribution is 6.30. The van der Waals surface area contributed by atoms with Crippen LogP contribution in [0.4, 0.5) is 30.7 Å². The van der Waals surface area contributed by atoms with Crippen LogP contribution in [-0.2, 0) is 16.1 Å². The lowest BCUT2D eigenvalue weighted by Gasteiger charge is -2.10. The highest BCUT2D eigenvalue weighted by Crippen LogP contribution is 2.60. The standard InChI is InChI=1S/C17H14ClF7O2/c1-6-11(19)13(21)7(14(22)12(6)20)5-27-15(26)10-8(16(10,2)3)4-9(18)17(23,24)25/h4,8,10H,5H2,1-3H3/b9-4-/t8-,10+/m1/s1. The number of halogens is 8. The zero-order valence-corrected chi connectivity index (χ0v) is 15.0. The van der Waals surface area contributed by atoms with Gasteiger partial charge in [0, 0.05) is 5.56 Å². The Hall–Kier alpha value is -1.77. The minimum Gasteiger partial charge on any atom is -0.460 e. The molecule has 10 heteroatoms. The van der Waals surface area contributed by atoms with Crippen molar-refractivity contribution in [2.24, 2.45) is 17.3 Å². The van der Waals surface area contributed by atoms with Crippen LogP contribution >= 0.6 is 11.6 Å². The van der Waals surface area contributed by atoms with Gasteiger partial charge in [0.15, 0.2) is 23.3 Å². The number of ether oxygens (including phenoxy) is 1. The first kappa shape index (κ1) is 21.5. The largest absolute Gasteiger partial charge is 0.460 e. The summed E-state index contributed by atoms with van der Waals surface area (Å²) in [5.74, 6) is -9.68. The van der Waals surface area contributed by atoms with E-state index >= 15 is 0 Å². The maximum absolute atomic E-state index is 13.8. The Balaban J connectivity index is 2.16. The number of alkyl halides is 3. The summed E-state index contributed by atoms with van der Waals surface area (Å²) in [5.41, 5.74) is -2.93. The van der Waals surface area contributed by atoms with Crippen molar-refractivity contribution in [1.29, 1.82) is 0 Å². The number of benzene rings is 1. The molecule has 0 aliphatic heterocycles. The molecule has 0 N–H and O–H groups in total. The molecule has 1 saturated carbocycles. The normalized spacial score (nSPS) is 22.0. The predicted octanol–water partition coefficient (Wildman–Crippen LogP) is 5.55. The van der Waals surface area contributed by atoms with Crippen LogP contribution in [0.15, 0.2) is 11.1 Å². The zero-order chi connectivity index (χ0) is 20.9. The van der Waals surface area contributed by atoms with E-state index in [9.17, 15) is 35.5 Å². The summed E-state index contributed by atoms with van der Waals surface area (Å²) in [6.07, 6.45) is -4.11. The Morgan fingerprint density at radius 2 is 1.59 bits per heavy atom. The first-order chi connectivity index (χ1) is 12.2. The lowest BCUT2D eigenvalue weighted by molar-refractivity contribution is -0.147. The van der Waals surface area contributed by atoms with E-state index in [1.807, 2.05) is 0 Å². The fourth-order valence-electron chi connectivity index (χ4n) is 2.84. The number of rotatable bonds is 4. The summed E-state index contributed by atoms with van der Waals surface area (Å²) in [5, 5.41) is -1.41. The molecule has 0 radical (unpaired) electrons. The Bertz CT molecular complexity index is 785. The lowest BCUT2D eigenvalue weighted by Crippen LogP contribution is -2.14. The van der Waals surface area contributed by atoms with Gasteiger partial charge >= 0.3 is 12.1 Å². The van der Waals surface area contributed by atoms with Crippen LogP contribution in [0.25, 0.3) is 0 Å². The van der Waals surface area contributed by atoms with E-state index in [-0.39, 0.29) is 0 Å². The average Bonchev–Trinajstić information content (AvgIpc) is 3.10. The molecule has 0 unspecified atom stereocenters. The predicted molar refractivity (Wildman–Crippen MR) is 81.6 cm³/mol. The molecule has 1 fully saturated rings. The molecular formula is C17H14ClF7O2. The third-order valence-corrected chi connectivity index (χ3v) is 5.03. The van der Waals surface area contributed by atoms with Crippen LogP contribution < -0.4 is 0 Å². The number of carbonyl (C=O) groups excluding carboxylic acids is 1. The number of allylic oxidation sites excluding steroid dienone is 2. The topological polar surface area (TPSA) is 26.3 Å². The van der Waals surface area contributed by atoms with Crippen LogP contribution in [0.1, 0.15) is 25.0 Å². The second-order valence-electron chi connectivity index (χ2n) is 6.80. The monoisotopic (exact) mass is 418 g/mol. The van der Waals surface area contributed by atoms with Crippen LogP contribution in [0.5, 0.6) is 0 Å². The van der Waals surface area contributed by atoms with Gasteiger partial charge in [-0.1, -0.05) is 31.5 Å². The number of hydrogen-bond acceptors (Lipinski definition) is 2. The van der Waals surface area contributed by atoms with Gasteiger partial charge in [0.2, 0.25) is 0 Å². The minimum atomic E-state index is -4.78. The lowest BCUT2D eigenvalue weighted by atomic mass is 10.1. The molecule has 0 heterocycles. The fourth-order valence-corrected chi connectivity index (χ4v) is 2.97. The third-order valence-electron chi connectivity index (χ3n) is 4.69. The fraction of sp³-hybridized carbons (Fsp3) is 0.471. The van der Waals surface area contributed by atoms with E-state index in [0.29, 0.717) is 6.08 Å². The molecule has 1 aliphatic carbocycles. The molecular weight excluding hydrogens is 405 g/mol. The van der Waals surface area contributed by atoms with Gasteiger partial charge in [-0.05, 0) is 18.3 Å². The van der Waals surface area contributed by atoms with Crippen molar-refractivity contribution in [3.63, 3.8) is 0 Å². The van der Waals surface area contributed by atoms with Crippen molar-refractivity contribution in [2.45, 2.75) is 33.6 Å². The van der Waals surface area contributed by atoms with E-state index in [2.05, 4.69) is 0 Å². The molecule has 1 aromatic carbocycles. The molecule has 2 atom stereocenters. The molecule has 0 bridgehead atoms. The van der Waals surface area contributed by atoms with Gasteiger partial charge in [-0.25, -0.2) is 17.6 Å². The molecule has 2 rings (SSSR count). The Morgan fingerprint density at radius 1 is 1.11 bits per heavy atom. The van der Waals surface area contributed by atoms with Crippen molar-refractivity contribution in [3.05, 3.63) is 45.5 Å². The first-order valence-electron chi connectivity index (χ1n) is 7.63. The van der Waals surface area contributed by atoms with Gasteiger partial charge in [-0.2, -0.15) is 13.2 Å². The Kier molecular flexibility index (Phi) is 5.58. The smallest absolute Gasteiger partial charge is 0.426 e. The van der Waals surface area contributed by atoms with Gasteiger partial charge < -0.3 is 4.74 Å². The summed E-state index contributed by atoms with van der Waals surface area (Å²) < 4.78 is 96.8. The molecule has 0 aromatic heterocycles. The minimum absolute atomic E-state index is 0.667. The number of carbonyl (C=O) groups is 1. The second kappa shape index (κ2) is 7.00. The van der Waals surface area contributed by atoms with Gasteiger partial charge in [-0.15, -0.1) is 0 Å². The van der Waals surface area contributed by atoms with E-state index in [0.717, 1.165) is 6.92 Å². The summed E-state index contributed by atoms with van der Waals surface area (Å²) in [6.45, 7) is 2.68. The summed E-state index contributed by atoms with van der Waals surface area (Å²) in [6, 6.07) is 0. The highest BCUT2D eigenvalue weighted by Gasteiger charge is 2.62. The maximum Gasteiger partial charge on any atom is 0.426 e. The molecule has 27 heavy (non-hydrogen) atoms. The molecule has 150 valence electrons. The van der Waals surface area contributed by atoms with Crippen molar-refractivity contribution in [2.75, 3.05) is 0 Å². The van der Waals surface area contributed by atoms with E-state index in [4.69, 9.17) is 16.3 Å². The molecule has 1 aliphatic rings. The SMILES string of the molecule is Cc1c(F)c(F)c(COC(=O)[C@@H]2[C@@H](/C=C(\Cl)C(F)(F)F)C2(C)C)c(F)c1F. The average molecular weight is 419 g/mol. The molecule has 0 amide bonds. The van der Waals surface area contributed by atoms with E-state index < -0.39 is 75.4 Å². The van der Waals surface area contributed by atoms with Gasteiger partial charge in [0.25, 0.3) is 0 Å². The van der Waals surface area contributed by atoms with E-state index in [1.165, 1.54) is 13.8 Å². The van der Waals surface area contributed by atoms with Crippen LogP contribution in [0.3, 0.4) is 0 Å². The van der Waals surface area contributed by atoms with Gasteiger partial charge in [0.1, 0.15) is 11.6 Å².